The number of rotatable bonds is 5. The van der Waals surface area contributed by atoms with Gasteiger partial charge < -0.3 is 5.32 Å². The van der Waals surface area contributed by atoms with E-state index in [4.69, 9.17) is 11.6 Å². The SMILES string of the molecule is CCCNC(c1cc(C)c(Cl)s1)C1(C)CCCCC1. The van der Waals surface area contributed by atoms with Gasteiger partial charge in [-0.05, 0) is 49.8 Å². The van der Waals surface area contributed by atoms with Crippen LogP contribution in [0.5, 0.6) is 0 Å². The molecule has 1 aliphatic carbocycles. The summed E-state index contributed by atoms with van der Waals surface area (Å²) >= 11 is 8.05. The molecule has 0 aromatic carbocycles. The molecule has 1 aromatic heterocycles. The molecule has 3 heteroatoms. The van der Waals surface area contributed by atoms with E-state index in [1.54, 1.807) is 11.3 Å². The molecule has 108 valence electrons. The average Bonchev–Trinajstić information content (AvgIpc) is 2.70. The zero-order chi connectivity index (χ0) is 13.9. The normalized spacial score (nSPS) is 20.4. The molecule has 1 aliphatic rings. The van der Waals surface area contributed by atoms with Crippen LogP contribution in [0.25, 0.3) is 0 Å². The number of thiophene rings is 1. The maximum absolute atomic E-state index is 6.28. The molecule has 1 nitrogen and oxygen atoms in total. The monoisotopic (exact) mass is 299 g/mol. The second kappa shape index (κ2) is 6.60. The average molecular weight is 300 g/mol. The van der Waals surface area contributed by atoms with Gasteiger partial charge in [-0.1, -0.05) is 44.7 Å². The molecule has 1 fully saturated rings. The molecule has 2 rings (SSSR count). The number of hydrogen-bond donors (Lipinski definition) is 1. The third kappa shape index (κ3) is 3.53. The van der Waals surface area contributed by atoms with E-state index < -0.39 is 0 Å². The summed E-state index contributed by atoms with van der Waals surface area (Å²) in [6.45, 7) is 7.90. The molecule has 0 aliphatic heterocycles. The summed E-state index contributed by atoms with van der Waals surface area (Å²) in [5.41, 5.74) is 1.62. The van der Waals surface area contributed by atoms with Gasteiger partial charge in [0.1, 0.15) is 0 Å². The van der Waals surface area contributed by atoms with Gasteiger partial charge >= 0.3 is 0 Å². The van der Waals surface area contributed by atoms with Crippen molar-refractivity contribution in [2.45, 2.75) is 65.3 Å². The van der Waals surface area contributed by atoms with Gasteiger partial charge in [0.2, 0.25) is 0 Å². The molecule has 0 bridgehead atoms. The highest BCUT2D eigenvalue weighted by atomic mass is 35.5. The first-order chi connectivity index (χ1) is 9.07. The molecule has 0 spiro atoms. The molecule has 1 unspecified atom stereocenters. The van der Waals surface area contributed by atoms with Gasteiger partial charge in [0.25, 0.3) is 0 Å². The lowest BCUT2D eigenvalue weighted by molar-refractivity contribution is 0.147. The van der Waals surface area contributed by atoms with Crippen LogP contribution in [0.3, 0.4) is 0 Å². The van der Waals surface area contributed by atoms with Crippen LogP contribution in [0.15, 0.2) is 6.07 Å². The highest BCUT2D eigenvalue weighted by Crippen LogP contribution is 2.48. The first-order valence-electron chi connectivity index (χ1n) is 7.56. The molecule has 0 radical (unpaired) electrons. The summed E-state index contributed by atoms with van der Waals surface area (Å²) in [6, 6.07) is 2.77. The fourth-order valence-corrected chi connectivity index (χ4v) is 4.72. The molecule has 1 atom stereocenters. The second-order valence-corrected chi connectivity index (χ2v) is 7.89. The minimum absolute atomic E-state index is 0.397. The number of nitrogens with one attached hydrogen (secondary N) is 1. The van der Waals surface area contributed by atoms with Crippen molar-refractivity contribution in [3.63, 3.8) is 0 Å². The molecule has 1 aromatic rings. The van der Waals surface area contributed by atoms with Crippen molar-refractivity contribution in [3.8, 4) is 0 Å². The third-order valence-electron chi connectivity index (χ3n) is 4.45. The van der Waals surface area contributed by atoms with Crippen molar-refractivity contribution in [2.75, 3.05) is 6.54 Å². The highest BCUT2D eigenvalue weighted by Gasteiger charge is 2.37. The van der Waals surface area contributed by atoms with Gasteiger partial charge in [-0.25, -0.2) is 0 Å². The quantitative estimate of drug-likeness (QED) is 0.733. The lowest BCUT2D eigenvalue weighted by Gasteiger charge is -2.41. The lowest BCUT2D eigenvalue weighted by Crippen LogP contribution is -2.37. The van der Waals surface area contributed by atoms with E-state index >= 15 is 0 Å². The number of halogens is 1. The van der Waals surface area contributed by atoms with Crippen LogP contribution < -0.4 is 5.32 Å². The van der Waals surface area contributed by atoms with Crippen LogP contribution in [0.1, 0.15) is 68.9 Å². The van der Waals surface area contributed by atoms with E-state index in [0.717, 1.165) is 10.9 Å². The Kier molecular flexibility index (Phi) is 5.33. The fraction of sp³-hybridized carbons (Fsp3) is 0.750. The van der Waals surface area contributed by atoms with E-state index in [9.17, 15) is 0 Å². The van der Waals surface area contributed by atoms with Crippen LogP contribution in [0.4, 0.5) is 0 Å². The highest BCUT2D eigenvalue weighted by molar-refractivity contribution is 7.16. The molecule has 0 amide bonds. The molecular formula is C16H26ClNS. The Bertz CT molecular complexity index is 387. The van der Waals surface area contributed by atoms with Crippen molar-refractivity contribution in [2.24, 2.45) is 5.41 Å². The van der Waals surface area contributed by atoms with Crippen molar-refractivity contribution in [3.05, 3.63) is 20.8 Å². The molecule has 1 heterocycles. The topological polar surface area (TPSA) is 12.0 Å². The summed E-state index contributed by atoms with van der Waals surface area (Å²) in [7, 11) is 0. The molecule has 0 saturated heterocycles. The van der Waals surface area contributed by atoms with E-state index in [2.05, 4.69) is 32.2 Å². The third-order valence-corrected chi connectivity index (χ3v) is 6.07. The fourth-order valence-electron chi connectivity index (χ4n) is 3.25. The molecule has 19 heavy (non-hydrogen) atoms. The summed E-state index contributed by atoms with van der Waals surface area (Å²) in [6.07, 6.45) is 8.01. The van der Waals surface area contributed by atoms with Gasteiger partial charge in [0, 0.05) is 10.9 Å². The van der Waals surface area contributed by atoms with Gasteiger partial charge in [-0.2, -0.15) is 0 Å². The van der Waals surface area contributed by atoms with Crippen molar-refractivity contribution in [1.82, 2.24) is 5.32 Å². The van der Waals surface area contributed by atoms with E-state index in [-0.39, 0.29) is 0 Å². The van der Waals surface area contributed by atoms with Gasteiger partial charge in [-0.15, -0.1) is 11.3 Å². The Hall–Kier alpha value is -0.0500. The number of hydrogen-bond acceptors (Lipinski definition) is 2. The minimum Gasteiger partial charge on any atom is -0.309 e. The Labute approximate surface area is 126 Å². The lowest BCUT2D eigenvalue weighted by atomic mass is 9.70. The minimum atomic E-state index is 0.397. The standard InChI is InChI=1S/C16H26ClNS/c1-4-10-18-14(13-11-12(2)15(17)19-13)16(3)8-6-5-7-9-16/h11,14,18H,4-10H2,1-3H3. The predicted molar refractivity (Wildman–Crippen MR) is 86.3 cm³/mol. The summed E-state index contributed by atoms with van der Waals surface area (Å²) in [5.74, 6) is 0. The van der Waals surface area contributed by atoms with Gasteiger partial charge in [-0.3, -0.25) is 0 Å². The Morgan fingerprint density at radius 2 is 2.05 bits per heavy atom. The van der Waals surface area contributed by atoms with Crippen molar-refractivity contribution in [1.29, 1.82) is 0 Å². The zero-order valence-electron chi connectivity index (χ0n) is 12.4. The first-order valence-corrected chi connectivity index (χ1v) is 8.75. The number of aryl methyl sites for hydroxylation is 1. The zero-order valence-corrected chi connectivity index (χ0v) is 14.0. The Morgan fingerprint density at radius 1 is 1.37 bits per heavy atom. The molecule has 1 N–H and O–H groups in total. The summed E-state index contributed by atoms with van der Waals surface area (Å²) in [4.78, 5) is 1.43. The largest absolute Gasteiger partial charge is 0.309 e. The smallest absolute Gasteiger partial charge is 0.0960 e. The van der Waals surface area contributed by atoms with E-state index in [1.165, 1.54) is 49.0 Å². The molecular weight excluding hydrogens is 274 g/mol. The van der Waals surface area contributed by atoms with Crippen LogP contribution in [0, 0.1) is 12.3 Å². The first kappa shape index (κ1) is 15.3. The van der Waals surface area contributed by atoms with Crippen molar-refractivity contribution < 1.29 is 0 Å². The van der Waals surface area contributed by atoms with Crippen molar-refractivity contribution >= 4 is 22.9 Å². The van der Waals surface area contributed by atoms with Crippen LogP contribution in [0.2, 0.25) is 4.34 Å². The van der Waals surface area contributed by atoms with E-state index in [0.29, 0.717) is 11.5 Å². The summed E-state index contributed by atoms with van der Waals surface area (Å²) in [5, 5.41) is 3.79. The van der Waals surface area contributed by atoms with Crippen LogP contribution >= 0.6 is 22.9 Å². The predicted octanol–water partition coefficient (Wildman–Crippen LogP) is 5.72. The maximum atomic E-state index is 6.28. The summed E-state index contributed by atoms with van der Waals surface area (Å²) < 4.78 is 0.956. The second-order valence-electron chi connectivity index (χ2n) is 6.21. The molecule has 1 saturated carbocycles. The van der Waals surface area contributed by atoms with Gasteiger partial charge in [0.15, 0.2) is 0 Å². The Morgan fingerprint density at radius 3 is 2.58 bits per heavy atom. The van der Waals surface area contributed by atoms with Crippen LogP contribution in [-0.4, -0.2) is 6.54 Å². The van der Waals surface area contributed by atoms with E-state index in [1.807, 2.05) is 0 Å². The van der Waals surface area contributed by atoms with Crippen LogP contribution in [-0.2, 0) is 0 Å². The Balaban J connectivity index is 2.23. The van der Waals surface area contributed by atoms with Gasteiger partial charge in [0.05, 0.1) is 4.34 Å². The maximum Gasteiger partial charge on any atom is 0.0960 e.